The van der Waals surface area contributed by atoms with Gasteiger partial charge in [-0.05, 0) is 87.7 Å². The lowest BCUT2D eigenvalue weighted by molar-refractivity contribution is 0.347. The fraction of sp³-hybridized carbons (Fsp3) is 0.320. The van der Waals surface area contributed by atoms with Gasteiger partial charge in [0.25, 0.3) is 0 Å². The smallest absolute Gasteiger partial charge is 0.127 e. The van der Waals surface area contributed by atoms with Gasteiger partial charge < -0.3 is 18.9 Å². The molecule has 0 amide bonds. The Morgan fingerprint density at radius 1 is 0.833 bits per heavy atom. The third-order valence-corrected chi connectivity index (χ3v) is 6.17. The standard InChI is InChI=1S/C25H28N2O2S/c1-18-17-24(25(30)26-15-5-4-6-16-26)19(2)27(18)20-7-9-22(10-8-20)29-23-13-11-21(28-3)12-14-23/h7-14,17H,4-6,15-16H2,1-3H3. The lowest BCUT2D eigenvalue weighted by Crippen LogP contribution is -2.35. The van der Waals surface area contributed by atoms with Crippen molar-refractivity contribution in [1.29, 1.82) is 0 Å². The van der Waals surface area contributed by atoms with Gasteiger partial charge in [0, 0.05) is 35.7 Å². The average molecular weight is 421 g/mol. The number of thiocarbonyl (C=S) groups is 1. The van der Waals surface area contributed by atoms with Crippen LogP contribution in [0.1, 0.15) is 36.2 Å². The molecule has 1 fully saturated rings. The number of benzene rings is 2. The van der Waals surface area contributed by atoms with Crippen molar-refractivity contribution in [3.8, 4) is 22.9 Å². The van der Waals surface area contributed by atoms with Crippen LogP contribution in [0, 0.1) is 13.8 Å². The molecular formula is C25H28N2O2S. The summed E-state index contributed by atoms with van der Waals surface area (Å²) in [5, 5.41) is 0. The first kappa shape index (κ1) is 20.5. The molecule has 0 bridgehead atoms. The minimum absolute atomic E-state index is 0.783. The number of methoxy groups -OCH3 is 1. The molecule has 0 N–H and O–H groups in total. The minimum Gasteiger partial charge on any atom is -0.497 e. The quantitative estimate of drug-likeness (QED) is 0.469. The van der Waals surface area contributed by atoms with E-state index in [4.69, 9.17) is 21.7 Å². The van der Waals surface area contributed by atoms with Crippen molar-refractivity contribution in [3.05, 3.63) is 71.5 Å². The number of hydrogen-bond donors (Lipinski definition) is 0. The number of ether oxygens (including phenoxy) is 2. The first-order valence-corrected chi connectivity index (χ1v) is 10.9. The molecule has 2 aromatic carbocycles. The van der Waals surface area contributed by atoms with E-state index in [2.05, 4.69) is 41.5 Å². The van der Waals surface area contributed by atoms with Crippen molar-refractivity contribution in [2.45, 2.75) is 33.1 Å². The Kier molecular flexibility index (Phi) is 6.09. The second-order valence-corrected chi connectivity index (χ2v) is 8.13. The number of nitrogens with zero attached hydrogens (tertiary/aromatic N) is 2. The van der Waals surface area contributed by atoms with Crippen molar-refractivity contribution in [1.82, 2.24) is 9.47 Å². The van der Waals surface area contributed by atoms with E-state index in [1.165, 1.54) is 36.2 Å². The van der Waals surface area contributed by atoms with E-state index >= 15 is 0 Å². The fourth-order valence-electron chi connectivity index (χ4n) is 4.09. The summed E-state index contributed by atoms with van der Waals surface area (Å²) in [5.74, 6) is 2.40. The highest BCUT2D eigenvalue weighted by molar-refractivity contribution is 7.80. The van der Waals surface area contributed by atoms with Gasteiger partial charge in [0.15, 0.2) is 0 Å². The topological polar surface area (TPSA) is 26.6 Å². The number of piperidine rings is 1. The third-order valence-electron chi connectivity index (χ3n) is 5.69. The highest BCUT2D eigenvalue weighted by Crippen LogP contribution is 2.27. The van der Waals surface area contributed by atoms with Crippen LogP contribution in [0.2, 0.25) is 0 Å². The zero-order chi connectivity index (χ0) is 21.1. The molecule has 5 heteroatoms. The van der Waals surface area contributed by atoms with Gasteiger partial charge in [0.05, 0.1) is 7.11 Å². The summed E-state index contributed by atoms with van der Waals surface area (Å²) in [6.07, 6.45) is 3.77. The van der Waals surface area contributed by atoms with Crippen LogP contribution in [-0.4, -0.2) is 34.7 Å². The molecule has 1 saturated heterocycles. The lowest BCUT2D eigenvalue weighted by atomic mass is 10.1. The molecule has 2 heterocycles. The highest BCUT2D eigenvalue weighted by atomic mass is 32.1. The maximum atomic E-state index is 5.96. The molecule has 1 aliphatic rings. The van der Waals surface area contributed by atoms with Crippen molar-refractivity contribution < 1.29 is 9.47 Å². The predicted octanol–water partition coefficient (Wildman–Crippen LogP) is 6.06. The van der Waals surface area contributed by atoms with E-state index < -0.39 is 0 Å². The van der Waals surface area contributed by atoms with Gasteiger partial charge in [-0.15, -0.1) is 0 Å². The van der Waals surface area contributed by atoms with Crippen LogP contribution < -0.4 is 9.47 Å². The van der Waals surface area contributed by atoms with Crippen LogP contribution in [0.4, 0.5) is 0 Å². The number of rotatable bonds is 5. The number of aromatic nitrogens is 1. The van der Waals surface area contributed by atoms with Crippen LogP contribution in [-0.2, 0) is 0 Å². The van der Waals surface area contributed by atoms with Gasteiger partial charge >= 0.3 is 0 Å². The second kappa shape index (κ2) is 8.92. The molecule has 0 spiro atoms. The molecule has 0 unspecified atom stereocenters. The molecule has 0 aliphatic carbocycles. The van der Waals surface area contributed by atoms with Gasteiger partial charge in [-0.25, -0.2) is 0 Å². The van der Waals surface area contributed by atoms with E-state index in [1.807, 2.05) is 36.4 Å². The van der Waals surface area contributed by atoms with Crippen molar-refractivity contribution >= 4 is 17.2 Å². The Morgan fingerprint density at radius 2 is 1.40 bits per heavy atom. The maximum Gasteiger partial charge on any atom is 0.127 e. The normalized spacial score (nSPS) is 13.9. The van der Waals surface area contributed by atoms with Gasteiger partial charge in [-0.3, -0.25) is 0 Å². The molecule has 0 radical (unpaired) electrons. The van der Waals surface area contributed by atoms with Crippen molar-refractivity contribution in [2.24, 2.45) is 0 Å². The first-order chi connectivity index (χ1) is 14.6. The van der Waals surface area contributed by atoms with Gasteiger partial charge in [-0.1, -0.05) is 12.2 Å². The Bertz CT molecular complexity index is 1020. The molecule has 1 aliphatic heterocycles. The van der Waals surface area contributed by atoms with Gasteiger partial charge in [0.2, 0.25) is 0 Å². The fourth-order valence-corrected chi connectivity index (χ4v) is 4.48. The molecule has 1 aromatic heterocycles. The largest absolute Gasteiger partial charge is 0.497 e. The summed E-state index contributed by atoms with van der Waals surface area (Å²) in [6, 6.07) is 18.0. The number of hydrogen-bond acceptors (Lipinski definition) is 3. The van der Waals surface area contributed by atoms with Crippen LogP contribution in [0.3, 0.4) is 0 Å². The Labute approximate surface area is 184 Å². The summed E-state index contributed by atoms with van der Waals surface area (Å²) < 4.78 is 13.4. The van der Waals surface area contributed by atoms with Gasteiger partial charge in [-0.2, -0.15) is 0 Å². The van der Waals surface area contributed by atoms with E-state index in [0.29, 0.717) is 0 Å². The molecule has 4 rings (SSSR count). The zero-order valence-corrected chi connectivity index (χ0v) is 18.7. The van der Waals surface area contributed by atoms with E-state index in [0.717, 1.165) is 41.0 Å². The molecule has 0 saturated carbocycles. The molecular weight excluding hydrogens is 392 g/mol. The summed E-state index contributed by atoms with van der Waals surface area (Å²) >= 11 is 5.85. The third kappa shape index (κ3) is 4.21. The zero-order valence-electron chi connectivity index (χ0n) is 17.9. The predicted molar refractivity (Wildman–Crippen MR) is 125 cm³/mol. The maximum absolute atomic E-state index is 5.96. The average Bonchev–Trinajstić information content (AvgIpc) is 3.09. The van der Waals surface area contributed by atoms with Crippen LogP contribution >= 0.6 is 12.2 Å². The summed E-state index contributed by atoms with van der Waals surface area (Å²) in [4.78, 5) is 3.34. The molecule has 4 nitrogen and oxygen atoms in total. The second-order valence-electron chi connectivity index (χ2n) is 7.74. The van der Waals surface area contributed by atoms with E-state index in [1.54, 1.807) is 7.11 Å². The summed E-state index contributed by atoms with van der Waals surface area (Å²) in [7, 11) is 1.66. The molecule has 30 heavy (non-hydrogen) atoms. The Hall–Kier alpha value is -2.79. The Morgan fingerprint density at radius 3 is 2.00 bits per heavy atom. The highest BCUT2D eigenvalue weighted by Gasteiger charge is 2.20. The first-order valence-electron chi connectivity index (χ1n) is 10.5. The number of aryl methyl sites for hydroxylation is 1. The lowest BCUT2D eigenvalue weighted by Gasteiger charge is -2.29. The molecule has 3 aromatic rings. The van der Waals surface area contributed by atoms with E-state index in [-0.39, 0.29) is 0 Å². The molecule has 0 atom stereocenters. The van der Waals surface area contributed by atoms with E-state index in [9.17, 15) is 0 Å². The SMILES string of the molecule is COc1ccc(Oc2ccc(-n3c(C)cc(C(=S)N4CCCCC4)c3C)cc2)cc1. The monoisotopic (exact) mass is 420 g/mol. The summed E-state index contributed by atoms with van der Waals surface area (Å²) in [6.45, 7) is 6.43. The van der Waals surface area contributed by atoms with Crippen molar-refractivity contribution in [3.63, 3.8) is 0 Å². The van der Waals surface area contributed by atoms with Crippen LogP contribution in [0.25, 0.3) is 5.69 Å². The van der Waals surface area contributed by atoms with Crippen LogP contribution in [0.5, 0.6) is 17.2 Å². The number of likely N-dealkylation sites (tertiary alicyclic amines) is 1. The molecule has 156 valence electrons. The minimum atomic E-state index is 0.783. The van der Waals surface area contributed by atoms with Gasteiger partial charge in [0.1, 0.15) is 22.2 Å². The Balaban J connectivity index is 1.53. The van der Waals surface area contributed by atoms with Crippen LogP contribution in [0.15, 0.2) is 54.6 Å². The summed E-state index contributed by atoms with van der Waals surface area (Å²) in [5.41, 5.74) is 4.65. The van der Waals surface area contributed by atoms with Crippen molar-refractivity contribution in [2.75, 3.05) is 20.2 Å².